The number of carbonyl (C=O) groups excluding carboxylic acids is 1. The molecule has 3 aromatic carbocycles. The zero-order chi connectivity index (χ0) is 24.9. The summed E-state index contributed by atoms with van der Waals surface area (Å²) in [5, 5.41) is 0.948. The number of rotatable bonds is 8. The Balaban J connectivity index is 1.91. The van der Waals surface area contributed by atoms with Crippen LogP contribution in [0.25, 0.3) is 16.6 Å². The topological polar surface area (TPSA) is 64.4 Å². The van der Waals surface area contributed by atoms with Crippen molar-refractivity contribution in [1.29, 1.82) is 0 Å². The molecule has 6 nitrogen and oxygen atoms in total. The van der Waals surface area contributed by atoms with Crippen LogP contribution in [0.4, 0.5) is 0 Å². The van der Waals surface area contributed by atoms with Crippen LogP contribution < -0.4 is 10.3 Å². The Kier molecular flexibility index (Phi) is 7.51. The maximum atomic E-state index is 13.7. The number of unbranched alkanes of at least 4 members (excludes halogenated alkanes) is 1. The second kappa shape index (κ2) is 10.7. The second-order valence-corrected chi connectivity index (χ2v) is 8.80. The number of halogens is 1. The Labute approximate surface area is 209 Å². The molecule has 0 saturated heterocycles. The molecule has 0 bridgehead atoms. The molecule has 4 aromatic rings. The van der Waals surface area contributed by atoms with Crippen LogP contribution in [0.15, 0.2) is 77.6 Å². The normalized spacial score (nSPS) is 11.9. The van der Waals surface area contributed by atoms with Gasteiger partial charge in [-0.15, -0.1) is 0 Å². The van der Waals surface area contributed by atoms with Gasteiger partial charge in [0.25, 0.3) is 11.5 Å². The van der Waals surface area contributed by atoms with Crippen LogP contribution in [0.3, 0.4) is 0 Å². The highest BCUT2D eigenvalue weighted by Gasteiger charge is 2.27. The van der Waals surface area contributed by atoms with Gasteiger partial charge in [0.15, 0.2) is 0 Å². The lowest BCUT2D eigenvalue weighted by Crippen LogP contribution is -2.38. The summed E-state index contributed by atoms with van der Waals surface area (Å²) in [5.41, 5.74) is 1.51. The lowest BCUT2D eigenvalue weighted by Gasteiger charge is -2.30. The van der Waals surface area contributed by atoms with Crippen LogP contribution in [0.2, 0.25) is 5.02 Å². The molecule has 1 atom stereocenters. The number of hydrogen-bond acceptors (Lipinski definition) is 4. The third-order valence-corrected chi connectivity index (χ3v) is 6.30. The predicted octanol–water partition coefficient (Wildman–Crippen LogP) is 6.05. The zero-order valence-corrected chi connectivity index (χ0v) is 20.8. The number of fused-ring (bicyclic) bond motifs is 1. The van der Waals surface area contributed by atoms with Gasteiger partial charge in [-0.2, -0.15) is 0 Å². The van der Waals surface area contributed by atoms with Gasteiger partial charge in [-0.25, -0.2) is 4.98 Å². The predicted molar refractivity (Wildman–Crippen MR) is 140 cm³/mol. The molecule has 4 rings (SSSR count). The number of aromatic nitrogens is 2. The van der Waals surface area contributed by atoms with Gasteiger partial charge < -0.3 is 9.64 Å². The van der Waals surface area contributed by atoms with Crippen LogP contribution in [0.1, 0.15) is 48.9 Å². The highest BCUT2D eigenvalue weighted by molar-refractivity contribution is 6.31. The largest absolute Gasteiger partial charge is 0.497 e. The Morgan fingerprint density at radius 2 is 1.80 bits per heavy atom. The number of methoxy groups -OCH3 is 1. The van der Waals surface area contributed by atoms with Crippen LogP contribution >= 0.6 is 11.6 Å². The monoisotopic (exact) mass is 489 g/mol. The van der Waals surface area contributed by atoms with Gasteiger partial charge in [-0.1, -0.05) is 43.1 Å². The number of benzene rings is 3. The molecule has 0 spiro atoms. The van der Waals surface area contributed by atoms with E-state index in [9.17, 15) is 9.59 Å². The molecule has 1 amide bonds. The molecule has 0 aliphatic heterocycles. The van der Waals surface area contributed by atoms with Crippen molar-refractivity contribution in [2.75, 3.05) is 13.7 Å². The van der Waals surface area contributed by atoms with Crippen molar-refractivity contribution in [2.24, 2.45) is 0 Å². The fraction of sp³-hybridized carbons (Fsp3) is 0.250. The molecule has 7 heteroatoms. The first-order chi connectivity index (χ1) is 16.9. The Bertz CT molecular complexity index is 1380. The average molecular weight is 490 g/mol. The third-order valence-electron chi connectivity index (χ3n) is 6.06. The van der Waals surface area contributed by atoms with Gasteiger partial charge in [-0.3, -0.25) is 14.2 Å². The molecule has 0 aliphatic carbocycles. The van der Waals surface area contributed by atoms with E-state index in [2.05, 4.69) is 6.92 Å². The van der Waals surface area contributed by atoms with Crippen molar-refractivity contribution in [1.82, 2.24) is 14.5 Å². The van der Waals surface area contributed by atoms with Crippen molar-refractivity contribution in [3.8, 4) is 11.4 Å². The number of amides is 1. The first-order valence-corrected chi connectivity index (χ1v) is 12.0. The van der Waals surface area contributed by atoms with Crippen molar-refractivity contribution >= 4 is 28.4 Å². The van der Waals surface area contributed by atoms with E-state index in [0.717, 1.165) is 12.8 Å². The van der Waals surface area contributed by atoms with E-state index >= 15 is 0 Å². The first kappa shape index (κ1) is 24.5. The van der Waals surface area contributed by atoms with E-state index in [1.807, 2.05) is 37.3 Å². The number of carbonyl (C=O) groups is 1. The van der Waals surface area contributed by atoms with Crippen LogP contribution in [0, 0.1) is 0 Å². The second-order valence-electron chi connectivity index (χ2n) is 8.36. The average Bonchev–Trinajstić information content (AvgIpc) is 2.89. The molecule has 0 radical (unpaired) electrons. The minimum absolute atomic E-state index is 0.103. The molecule has 0 aliphatic rings. The van der Waals surface area contributed by atoms with Gasteiger partial charge in [0.05, 0.1) is 29.7 Å². The van der Waals surface area contributed by atoms with Gasteiger partial charge in [-0.05, 0) is 67.9 Å². The summed E-state index contributed by atoms with van der Waals surface area (Å²) < 4.78 is 6.87. The number of ether oxygens (including phenoxy) is 1. The fourth-order valence-corrected chi connectivity index (χ4v) is 4.29. The molecule has 1 heterocycles. The Hall–Kier alpha value is -3.64. The first-order valence-electron chi connectivity index (χ1n) is 11.7. The van der Waals surface area contributed by atoms with Crippen molar-refractivity contribution in [3.63, 3.8) is 0 Å². The summed E-state index contributed by atoms with van der Waals surface area (Å²) in [6.07, 6.45) is 1.76. The maximum Gasteiger partial charge on any atom is 0.266 e. The summed E-state index contributed by atoms with van der Waals surface area (Å²) in [6, 6.07) is 21.0. The van der Waals surface area contributed by atoms with E-state index in [4.69, 9.17) is 21.3 Å². The van der Waals surface area contributed by atoms with E-state index < -0.39 is 6.04 Å². The van der Waals surface area contributed by atoms with E-state index in [1.54, 1.807) is 59.0 Å². The highest BCUT2D eigenvalue weighted by Crippen LogP contribution is 2.26. The maximum absolute atomic E-state index is 13.7. The van der Waals surface area contributed by atoms with E-state index in [0.29, 0.717) is 45.3 Å². The van der Waals surface area contributed by atoms with Gasteiger partial charge >= 0.3 is 0 Å². The summed E-state index contributed by atoms with van der Waals surface area (Å²) in [4.78, 5) is 34.0. The molecular formula is C28H28ClN3O3. The van der Waals surface area contributed by atoms with Crippen molar-refractivity contribution in [3.05, 3.63) is 99.6 Å². The number of hydrogen-bond donors (Lipinski definition) is 0. The highest BCUT2D eigenvalue weighted by atomic mass is 35.5. The Morgan fingerprint density at radius 3 is 2.46 bits per heavy atom. The standard InChI is InChI=1S/C28H28ClN3O3/c1-4-5-17-31(27(33)20-9-7-6-8-10-20)19(2)26-30-25-18-21(29)11-16-24(25)28(34)32(26)22-12-14-23(35-3)15-13-22/h6-16,18-19H,4-5,17H2,1-3H3. The molecule has 180 valence electrons. The molecule has 0 N–H and O–H groups in total. The number of nitrogens with zero attached hydrogens (tertiary/aromatic N) is 3. The molecule has 35 heavy (non-hydrogen) atoms. The Morgan fingerprint density at radius 1 is 1.09 bits per heavy atom. The lowest BCUT2D eigenvalue weighted by molar-refractivity contribution is 0.0678. The zero-order valence-electron chi connectivity index (χ0n) is 20.1. The molecule has 1 aromatic heterocycles. The minimum atomic E-state index is -0.479. The quantitative estimate of drug-likeness (QED) is 0.302. The third kappa shape index (κ3) is 5.08. The van der Waals surface area contributed by atoms with Crippen LogP contribution in [-0.2, 0) is 0 Å². The van der Waals surface area contributed by atoms with Gasteiger partial charge in [0.1, 0.15) is 11.6 Å². The SMILES string of the molecule is CCCCN(C(=O)c1ccccc1)C(C)c1nc2cc(Cl)ccc2c(=O)n1-c1ccc(OC)cc1. The van der Waals surface area contributed by atoms with Crippen LogP contribution in [0.5, 0.6) is 5.75 Å². The summed E-state index contributed by atoms with van der Waals surface area (Å²) in [6.45, 7) is 4.53. The summed E-state index contributed by atoms with van der Waals surface area (Å²) in [7, 11) is 1.59. The molecule has 1 unspecified atom stereocenters. The van der Waals surface area contributed by atoms with Crippen molar-refractivity contribution < 1.29 is 9.53 Å². The van der Waals surface area contributed by atoms with Gasteiger partial charge in [0, 0.05) is 17.1 Å². The molecular weight excluding hydrogens is 462 g/mol. The minimum Gasteiger partial charge on any atom is -0.497 e. The summed E-state index contributed by atoms with van der Waals surface area (Å²) >= 11 is 6.23. The van der Waals surface area contributed by atoms with Crippen molar-refractivity contribution in [2.45, 2.75) is 32.7 Å². The fourth-order valence-electron chi connectivity index (χ4n) is 4.12. The molecule has 0 fully saturated rings. The molecule has 0 saturated carbocycles. The van der Waals surface area contributed by atoms with Gasteiger partial charge in [0.2, 0.25) is 0 Å². The van der Waals surface area contributed by atoms with E-state index in [-0.39, 0.29) is 11.5 Å². The summed E-state index contributed by atoms with van der Waals surface area (Å²) in [5.74, 6) is 1.05. The van der Waals surface area contributed by atoms with Crippen LogP contribution in [-0.4, -0.2) is 34.0 Å². The lowest BCUT2D eigenvalue weighted by atomic mass is 10.1. The smallest absolute Gasteiger partial charge is 0.266 e. The van der Waals surface area contributed by atoms with E-state index in [1.165, 1.54) is 0 Å².